The van der Waals surface area contributed by atoms with Gasteiger partial charge in [0.1, 0.15) is 6.04 Å². The topological polar surface area (TPSA) is 86.8 Å². The van der Waals surface area contributed by atoms with E-state index in [1.807, 2.05) is 45.0 Å². The molecule has 2 aromatic rings. The molecule has 0 bridgehead atoms. The summed E-state index contributed by atoms with van der Waals surface area (Å²) >= 11 is 6.03. The van der Waals surface area contributed by atoms with Crippen LogP contribution in [0.25, 0.3) is 0 Å². The highest BCUT2D eigenvalue weighted by molar-refractivity contribution is 7.92. The zero-order chi connectivity index (χ0) is 25.5. The lowest BCUT2D eigenvalue weighted by atomic mass is 10.1. The number of rotatable bonds is 11. The van der Waals surface area contributed by atoms with E-state index in [1.165, 1.54) is 4.31 Å². The molecule has 7 nitrogen and oxygen atoms in total. The van der Waals surface area contributed by atoms with Gasteiger partial charge in [0.2, 0.25) is 21.8 Å². The monoisotopic (exact) mass is 507 g/mol. The van der Waals surface area contributed by atoms with Crippen molar-refractivity contribution in [3.63, 3.8) is 0 Å². The van der Waals surface area contributed by atoms with Crippen LogP contribution in [0.1, 0.15) is 44.7 Å². The second-order valence-electron chi connectivity index (χ2n) is 8.77. The largest absolute Gasteiger partial charge is 0.352 e. The maximum atomic E-state index is 13.2. The quantitative estimate of drug-likeness (QED) is 0.495. The van der Waals surface area contributed by atoms with Crippen molar-refractivity contribution < 1.29 is 18.0 Å². The molecule has 0 spiro atoms. The lowest BCUT2D eigenvalue weighted by molar-refractivity contribution is -0.140. The highest BCUT2D eigenvalue weighted by Crippen LogP contribution is 2.22. The maximum Gasteiger partial charge on any atom is 0.242 e. The molecule has 0 aliphatic rings. The van der Waals surface area contributed by atoms with Crippen LogP contribution in [0, 0.1) is 6.92 Å². The molecule has 186 valence electrons. The van der Waals surface area contributed by atoms with Gasteiger partial charge in [-0.25, -0.2) is 8.42 Å². The molecule has 0 aliphatic carbocycles. The Kier molecular flexibility index (Phi) is 9.94. The zero-order valence-electron chi connectivity index (χ0n) is 20.4. The summed E-state index contributed by atoms with van der Waals surface area (Å²) in [6.07, 6.45) is 1.51. The average Bonchev–Trinajstić information content (AvgIpc) is 2.74. The number of anilines is 1. The van der Waals surface area contributed by atoms with Gasteiger partial charge in [-0.2, -0.15) is 0 Å². The Bertz CT molecular complexity index is 1090. The van der Waals surface area contributed by atoms with E-state index in [2.05, 4.69) is 5.32 Å². The first-order valence-corrected chi connectivity index (χ1v) is 13.5. The van der Waals surface area contributed by atoms with Crippen LogP contribution < -0.4 is 9.62 Å². The Labute approximate surface area is 208 Å². The number of sulfonamides is 1. The van der Waals surface area contributed by atoms with E-state index in [1.54, 1.807) is 36.1 Å². The molecule has 0 heterocycles. The van der Waals surface area contributed by atoms with Crippen LogP contribution >= 0.6 is 11.6 Å². The number of hydrogen-bond acceptors (Lipinski definition) is 4. The number of halogens is 1. The summed E-state index contributed by atoms with van der Waals surface area (Å²) in [6, 6.07) is 13.7. The molecule has 1 N–H and O–H groups in total. The summed E-state index contributed by atoms with van der Waals surface area (Å²) in [6.45, 7) is 7.84. The molecule has 0 fully saturated rings. The van der Waals surface area contributed by atoms with E-state index in [4.69, 9.17) is 11.6 Å². The van der Waals surface area contributed by atoms with Crippen molar-refractivity contribution in [2.75, 3.05) is 17.1 Å². The highest BCUT2D eigenvalue weighted by Gasteiger charge is 2.27. The Balaban J connectivity index is 2.16. The fourth-order valence-corrected chi connectivity index (χ4v) is 4.65. The van der Waals surface area contributed by atoms with Gasteiger partial charge in [0.25, 0.3) is 0 Å². The van der Waals surface area contributed by atoms with Gasteiger partial charge in [-0.1, -0.05) is 47.5 Å². The van der Waals surface area contributed by atoms with Crippen LogP contribution in [-0.4, -0.2) is 50.0 Å². The third-order valence-corrected chi connectivity index (χ3v) is 6.75. The minimum absolute atomic E-state index is 0.0488. The number of aryl methyl sites for hydroxylation is 1. The molecular weight excluding hydrogens is 474 g/mol. The van der Waals surface area contributed by atoms with Crippen LogP contribution in [0.5, 0.6) is 0 Å². The fourth-order valence-electron chi connectivity index (χ4n) is 3.51. The van der Waals surface area contributed by atoms with Crippen molar-refractivity contribution in [2.45, 2.75) is 59.2 Å². The molecule has 0 aromatic heterocycles. The van der Waals surface area contributed by atoms with Gasteiger partial charge in [0, 0.05) is 30.6 Å². The molecule has 2 rings (SSSR count). The summed E-state index contributed by atoms with van der Waals surface area (Å²) < 4.78 is 26.0. The van der Waals surface area contributed by atoms with Crippen LogP contribution in [0.4, 0.5) is 5.69 Å². The van der Waals surface area contributed by atoms with Gasteiger partial charge in [-0.05, 0) is 57.9 Å². The van der Waals surface area contributed by atoms with Crippen LogP contribution in [-0.2, 0) is 26.2 Å². The molecule has 0 saturated carbocycles. The number of carbonyl (C=O) groups excluding carboxylic acids is 2. The number of hydrogen-bond donors (Lipinski definition) is 1. The Morgan fingerprint density at radius 3 is 2.26 bits per heavy atom. The zero-order valence-corrected chi connectivity index (χ0v) is 22.0. The van der Waals surface area contributed by atoms with Crippen LogP contribution in [0.15, 0.2) is 48.5 Å². The SMILES string of the molecule is Cc1ccc(CN(C(=O)CCCN(c2cccc(Cl)c2)S(C)(=O)=O)[C@H](C)C(=O)NC(C)C)cc1. The van der Waals surface area contributed by atoms with Gasteiger partial charge >= 0.3 is 0 Å². The summed E-state index contributed by atoms with van der Waals surface area (Å²) in [7, 11) is -3.56. The maximum absolute atomic E-state index is 13.2. The van der Waals surface area contributed by atoms with Crippen molar-refractivity contribution in [3.05, 3.63) is 64.7 Å². The first-order valence-electron chi connectivity index (χ1n) is 11.3. The normalized spacial score (nSPS) is 12.3. The van der Waals surface area contributed by atoms with Crippen molar-refractivity contribution in [1.82, 2.24) is 10.2 Å². The summed E-state index contributed by atoms with van der Waals surface area (Å²) in [5.41, 5.74) is 2.47. The van der Waals surface area contributed by atoms with Gasteiger partial charge in [0.15, 0.2) is 0 Å². The highest BCUT2D eigenvalue weighted by atomic mass is 35.5. The van der Waals surface area contributed by atoms with Gasteiger partial charge < -0.3 is 10.2 Å². The summed E-state index contributed by atoms with van der Waals surface area (Å²) in [4.78, 5) is 27.4. The molecule has 2 aromatic carbocycles. The molecule has 34 heavy (non-hydrogen) atoms. The lowest BCUT2D eigenvalue weighted by Crippen LogP contribution is -2.49. The van der Waals surface area contributed by atoms with E-state index in [0.29, 0.717) is 17.1 Å². The van der Waals surface area contributed by atoms with Crippen molar-refractivity contribution in [3.8, 4) is 0 Å². The predicted octanol–water partition coefficient (Wildman–Crippen LogP) is 4.14. The van der Waals surface area contributed by atoms with Crippen molar-refractivity contribution in [2.24, 2.45) is 0 Å². The van der Waals surface area contributed by atoms with E-state index >= 15 is 0 Å². The van der Waals surface area contributed by atoms with Crippen LogP contribution in [0.2, 0.25) is 5.02 Å². The van der Waals surface area contributed by atoms with E-state index in [9.17, 15) is 18.0 Å². The molecular formula is C25H34ClN3O4S. The van der Waals surface area contributed by atoms with Gasteiger partial charge in [-0.15, -0.1) is 0 Å². The minimum atomic E-state index is -3.56. The predicted molar refractivity (Wildman–Crippen MR) is 137 cm³/mol. The first-order chi connectivity index (χ1) is 15.9. The molecule has 0 unspecified atom stereocenters. The lowest BCUT2D eigenvalue weighted by Gasteiger charge is -2.30. The van der Waals surface area contributed by atoms with Crippen LogP contribution in [0.3, 0.4) is 0 Å². The number of amides is 2. The summed E-state index contributed by atoms with van der Waals surface area (Å²) in [5.74, 6) is -0.446. The molecule has 0 saturated heterocycles. The standard InChI is InChI=1S/C25H34ClN3O4S/c1-18(2)27-25(31)20(4)28(17-21-13-11-19(3)12-14-21)24(30)10-7-15-29(34(5,32)33)23-9-6-8-22(26)16-23/h6,8-9,11-14,16,18,20H,7,10,15,17H2,1-5H3,(H,27,31)/t20-/m1/s1. The number of nitrogens with one attached hydrogen (secondary N) is 1. The Morgan fingerprint density at radius 2 is 1.71 bits per heavy atom. The fraction of sp³-hybridized carbons (Fsp3) is 0.440. The first kappa shape index (κ1) is 27.7. The third kappa shape index (κ3) is 8.33. The molecule has 9 heteroatoms. The number of benzene rings is 2. The van der Waals surface area contributed by atoms with Crippen molar-refractivity contribution >= 4 is 39.1 Å². The Hall–Kier alpha value is -2.58. The smallest absolute Gasteiger partial charge is 0.242 e. The Morgan fingerprint density at radius 1 is 1.06 bits per heavy atom. The summed E-state index contributed by atoms with van der Waals surface area (Å²) in [5, 5.41) is 3.29. The molecule has 2 amide bonds. The van der Waals surface area contributed by atoms with Gasteiger partial charge in [0.05, 0.1) is 11.9 Å². The van der Waals surface area contributed by atoms with Crippen molar-refractivity contribution in [1.29, 1.82) is 0 Å². The minimum Gasteiger partial charge on any atom is -0.352 e. The number of nitrogens with zero attached hydrogens (tertiary/aromatic N) is 2. The number of carbonyl (C=O) groups is 2. The molecule has 1 atom stereocenters. The molecule has 0 aliphatic heterocycles. The van der Waals surface area contributed by atoms with E-state index < -0.39 is 16.1 Å². The third-order valence-electron chi connectivity index (χ3n) is 5.32. The average molecular weight is 508 g/mol. The van der Waals surface area contributed by atoms with Gasteiger partial charge in [-0.3, -0.25) is 13.9 Å². The van der Waals surface area contributed by atoms with E-state index in [0.717, 1.165) is 17.4 Å². The second kappa shape index (κ2) is 12.2. The van der Waals surface area contributed by atoms with E-state index in [-0.39, 0.29) is 37.4 Å². The second-order valence-corrected chi connectivity index (χ2v) is 11.1. The molecule has 0 radical (unpaired) electrons.